The summed E-state index contributed by atoms with van der Waals surface area (Å²) < 4.78 is 5.11. The minimum atomic E-state index is 0.347. The maximum Gasteiger partial charge on any atom is 0.222 e. The van der Waals surface area contributed by atoms with E-state index in [0.717, 1.165) is 52.4 Å². The number of carbonyl (C=O) groups excluding carboxylic acids is 1. The van der Waals surface area contributed by atoms with Crippen molar-refractivity contribution in [1.29, 1.82) is 0 Å². The summed E-state index contributed by atoms with van der Waals surface area (Å²) >= 11 is 0. The molecule has 0 aromatic carbocycles. The smallest absolute Gasteiger partial charge is 0.222 e. The highest BCUT2D eigenvalue weighted by Crippen LogP contribution is 2.23. The van der Waals surface area contributed by atoms with Gasteiger partial charge in [-0.15, -0.1) is 0 Å². The average molecular weight is 297 g/mol. The summed E-state index contributed by atoms with van der Waals surface area (Å²) in [7, 11) is 1.74. The third-order valence-corrected chi connectivity index (χ3v) is 4.97. The number of ether oxygens (including phenoxy) is 1. The highest BCUT2D eigenvalue weighted by molar-refractivity contribution is 5.76. The fraction of sp³-hybridized carbons (Fsp3) is 0.938. The predicted molar refractivity (Wildman–Crippen MR) is 84.3 cm³/mol. The lowest BCUT2D eigenvalue weighted by Gasteiger charge is -2.36. The Morgan fingerprint density at radius 1 is 1.33 bits per heavy atom. The number of nitrogens with zero attached hydrogens (tertiary/aromatic N) is 2. The molecule has 122 valence electrons. The molecule has 1 amide bonds. The second-order valence-electron chi connectivity index (χ2n) is 6.50. The van der Waals surface area contributed by atoms with Gasteiger partial charge in [-0.25, -0.2) is 0 Å². The van der Waals surface area contributed by atoms with Gasteiger partial charge in [0, 0.05) is 46.3 Å². The van der Waals surface area contributed by atoms with E-state index in [0.29, 0.717) is 24.2 Å². The minimum absolute atomic E-state index is 0.347. The Hall–Kier alpha value is -0.650. The van der Waals surface area contributed by atoms with Gasteiger partial charge < -0.3 is 15.0 Å². The highest BCUT2D eigenvalue weighted by atomic mass is 16.5. The predicted octanol–water partition coefficient (Wildman–Crippen LogP) is 0.803. The van der Waals surface area contributed by atoms with E-state index in [-0.39, 0.29) is 0 Å². The van der Waals surface area contributed by atoms with Crippen LogP contribution in [-0.2, 0) is 9.53 Å². The molecule has 0 aromatic heterocycles. The lowest BCUT2D eigenvalue weighted by Crippen LogP contribution is -2.49. The second kappa shape index (κ2) is 8.71. The molecule has 2 atom stereocenters. The largest absolute Gasteiger partial charge is 0.383 e. The summed E-state index contributed by atoms with van der Waals surface area (Å²) in [5, 5.41) is 3.45. The van der Waals surface area contributed by atoms with E-state index in [4.69, 9.17) is 4.74 Å². The zero-order valence-corrected chi connectivity index (χ0v) is 13.6. The first kappa shape index (κ1) is 16.7. The standard InChI is InChI=1S/C16H31N3O2/c1-14(15-4-3-5-17-13-15)12-16(20)19-8-6-18(7-9-19)10-11-21-2/h14-15,17H,3-13H2,1-2H3. The molecule has 0 radical (unpaired) electrons. The van der Waals surface area contributed by atoms with E-state index >= 15 is 0 Å². The fourth-order valence-electron chi connectivity index (χ4n) is 3.38. The second-order valence-corrected chi connectivity index (χ2v) is 6.50. The number of carbonyl (C=O) groups is 1. The minimum Gasteiger partial charge on any atom is -0.383 e. The molecular weight excluding hydrogens is 266 g/mol. The molecule has 0 aromatic rings. The van der Waals surface area contributed by atoms with Crippen LogP contribution in [-0.4, -0.2) is 75.2 Å². The first-order valence-electron chi connectivity index (χ1n) is 8.40. The fourth-order valence-corrected chi connectivity index (χ4v) is 3.38. The van der Waals surface area contributed by atoms with Gasteiger partial charge in [0.2, 0.25) is 5.91 Å². The summed E-state index contributed by atoms with van der Waals surface area (Å²) in [5.41, 5.74) is 0. The molecule has 2 aliphatic heterocycles. The van der Waals surface area contributed by atoms with Crippen molar-refractivity contribution in [3.05, 3.63) is 0 Å². The Morgan fingerprint density at radius 2 is 2.10 bits per heavy atom. The van der Waals surface area contributed by atoms with Gasteiger partial charge in [-0.2, -0.15) is 0 Å². The van der Waals surface area contributed by atoms with E-state index in [2.05, 4.69) is 22.0 Å². The van der Waals surface area contributed by atoms with Gasteiger partial charge in [-0.05, 0) is 37.8 Å². The van der Waals surface area contributed by atoms with E-state index in [1.807, 2.05) is 0 Å². The van der Waals surface area contributed by atoms with Crippen LogP contribution in [0.25, 0.3) is 0 Å². The molecule has 21 heavy (non-hydrogen) atoms. The molecule has 2 fully saturated rings. The molecule has 5 heteroatoms. The van der Waals surface area contributed by atoms with Crippen LogP contribution in [0.1, 0.15) is 26.2 Å². The van der Waals surface area contributed by atoms with Crippen LogP contribution in [0.4, 0.5) is 0 Å². The monoisotopic (exact) mass is 297 g/mol. The topological polar surface area (TPSA) is 44.8 Å². The van der Waals surface area contributed by atoms with Crippen LogP contribution in [0, 0.1) is 11.8 Å². The quantitative estimate of drug-likeness (QED) is 0.788. The Balaban J connectivity index is 1.69. The summed E-state index contributed by atoms with van der Waals surface area (Å²) in [4.78, 5) is 16.9. The molecule has 2 saturated heterocycles. The molecule has 5 nitrogen and oxygen atoms in total. The van der Waals surface area contributed by atoms with Crippen molar-refractivity contribution in [3.8, 4) is 0 Å². The molecule has 0 aliphatic carbocycles. The highest BCUT2D eigenvalue weighted by Gasteiger charge is 2.26. The van der Waals surface area contributed by atoms with Crippen molar-refractivity contribution in [3.63, 3.8) is 0 Å². The molecule has 0 saturated carbocycles. The summed E-state index contributed by atoms with van der Waals surface area (Å²) in [5.74, 6) is 1.52. The average Bonchev–Trinajstić information content (AvgIpc) is 2.54. The van der Waals surface area contributed by atoms with E-state index < -0.39 is 0 Å². The number of nitrogens with one attached hydrogen (secondary N) is 1. The van der Waals surface area contributed by atoms with Crippen molar-refractivity contribution in [1.82, 2.24) is 15.1 Å². The third-order valence-electron chi connectivity index (χ3n) is 4.97. The maximum atomic E-state index is 12.4. The Kier molecular flexibility index (Phi) is 6.93. The number of piperidine rings is 1. The van der Waals surface area contributed by atoms with Crippen LogP contribution in [0.15, 0.2) is 0 Å². The summed E-state index contributed by atoms with van der Waals surface area (Å²) in [6, 6.07) is 0. The van der Waals surface area contributed by atoms with Crippen molar-refractivity contribution >= 4 is 5.91 Å². The van der Waals surface area contributed by atoms with Gasteiger partial charge in [0.05, 0.1) is 6.61 Å². The van der Waals surface area contributed by atoms with Crippen LogP contribution in [0.3, 0.4) is 0 Å². The number of rotatable bonds is 6. The van der Waals surface area contributed by atoms with Gasteiger partial charge in [-0.3, -0.25) is 9.69 Å². The van der Waals surface area contributed by atoms with Crippen molar-refractivity contribution in [2.24, 2.45) is 11.8 Å². The van der Waals surface area contributed by atoms with Gasteiger partial charge in [0.25, 0.3) is 0 Å². The zero-order chi connectivity index (χ0) is 15.1. The molecule has 2 rings (SSSR count). The van der Waals surface area contributed by atoms with Crippen LogP contribution >= 0.6 is 0 Å². The van der Waals surface area contributed by atoms with E-state index in [9.17, 15) is 4.79 Å². The first-order valence-corrected chi connectivity index (χ1v) is 8.40. The SMILES string of the molecule is COCCN1CCN(C(=O)CC(C)C2CCCNC2)CC1. The van der Waals surface area contributed by atoms with Crippen molar-refractivity contribution in [2.75, 3.05) is 59.5 Å². The Morgan fingerprint density at radius 3 is 2.71 bits per heavy atom. The Labute approximate surface area is 129 Å². The lowest BCUT2D eigenvalue weighted by molar-refractivity contribution is -0.134. The number of hydrogen-bond donors (Lipinski definition) is 1. The molecule has 0 spiro atoms. The Bertz CT molecular complexity index is 311. The number of amides is 1. The normalized spacial score (nSPS) is 25.8. The molecule has 2 heterocycles. The van der Waals surface area contributed by atoms with Crippen LogP contribution in [0.5, 0.6) is 0 Å². The van der Waals surface area contributed by atoms with Crippen molar-refractivity contribution < 1.29 is 9.53 Å². The molecule has 1 N–H and O–H groups in total. The zero-order valence-electron chi connectivity index (χ0n) is 13.6. The first-order chi connectivity index (χ1) is 10.2. The van der Waals surface area contributed by atoms with E-state index in [1.165, 1.54) is 12.8 Å². The molecule has 0 bridgehead atoms. The van der Waals surface area contributed by atoms with Gasteiger partial charge in [0.1, 0.15) is 0 Å². The summed E-state index contributed by atoms with van der Waals surface area (Å²) in [6.07, 6.45) is 3.23. The number of piperazine rings is 1. The lowest BCUT2D eigenvalue weighted by atomic mass is 9.85. The molecule has 2 aliphatic rings. The van der Waals surface area contributed by atoms with Gasteiger partial charge in [0.15, 0.2) is 0 Å². The number of hydrogen-bond acceptors (Lipinski definition) is 4. The van der Waals surface area contributed by atoms with Crippen LogP contribution < -0.4 is 5.32 Å². The van der Waals surface area contributed by atoms with E-state index in [1.54, 1.807) is 7.11 Å². The summed E-state index contributed by atoms with van der Waals surface area (Å²) in [6.45, 7) is 9.92. The third kappa shape index (κ3) is 5.24. The van der Waals surface area contributed by atoms with Gasteiger partial charge >= 0.3 is 0 Å². The molecular formula is C16H31N3O2. The van der Waals surface area contributed by atoms with Crippen molar-refractivity contribution in [2.45, 2.75) is 26.2 Å². The van der Waals surface area contributed by atoms with Crippen LogP contribution in [0.2, 0.25) is 0 Å². The molecule has 2 unspecified atom stereocenters. The number of methoxy groups -OCH3 is 1. The maximum absolute atomic E-state index is 12.4. The van der Waals surface area contributed by atoms with Gasteiger partial charge in [-0.1, -0.05) is 6.92 Å².